The summed E-state index contributed by atoms with van der Waals surface area (Å²) in [5.41, 5.74) is 3.35. The monoisotopic (exact) mass is 284 g/mol. The number of amides is 1. The Labute approximate surface area is 124 Å². The van der Waals surface area contributed by atoms with Crippen LogP contribution < -0.4 is 10.6 Å². The minimum atomic E-state index is -0.118. The lowest BCUT2D eigenvalue weighted by molar-refractivity contribution is 0.102. The van der Waals surface area contributed by atoms with Crippen LogP contribution in [0, 0.1) is 6.92 Å². The van der Waals surface area contributed by atoms with E-state index in [2.05, 4.69) is 21.8 Å². The zero-order chi connectivity index (χ0) is 14.8. The molecular weight excluding hydrogens is 264 g/mol. The molecule has 3 rings (SSSR count). The van der Waals surface area contributed by atoms with Crippen LogP contribution >= 0.6 is 0 Å². The molecule has 5 nitrogen and oxygen atoms in total. The Kier molecular flexibility index (Phi) is 3.75. The number of carbonyl (C=O) groups excluding carboxylic acids is 1. The molecule has 21 heavy (non-hydrogen) atoms. The van der Waals surface area contributed by atoms with E-state index in [9.17, 15) is 4.79 Å². The second-order valence-corrected chi connectivity index (χ2v) is 5.61. The van der Waals surface area contributed by atoms with E-state index in [0.29, 0.717) is 11.6 Å². The number of benzene rings is 1. The molecule has 2 N–H and O–H groups in total. The van der Waals surface area contributed by atoms with Crippen molar-refractivity contribution in [3.05, 3.63) is 47.3 Å². The van der Waals surface area contributed by atoms with Crippen LogP contribution in [-0.4, -0.2) is 21.7 Å². The van der Waals surface area contributed by atoms with Crippen LogP contribution in [-0.2, 0) is 13.6 Å². The van der Waals surface area contributed by atoms with E-state index >= 15 is 0 Å². The van der Waals surface area contributed by atoms with E-state index in [-0.39, 0.29) is 5.91 Å². The number of hydrogen-bond acceptors (Lipinski definition) is 3. The Morgan fingerprint density at radius 1 is 1.43 bits per heavy atom. The SMILES string of the molecule is Cc1nn(C)cc1C(=O)Nc1cccc(CNC2CC2)c1. The maximum absolute atomic E-state index is 12.3. The average Bonchev–Trinajstić information content (AvgIpc) is 3.21. The fourth-order valence-corrected chi connectivity index (χ4v) is 2.33. The number of aryl methyl sites for hydroxylation is 2. The van der Waals surface area contributed by atoms with E-state index < -0.39 is 0 Å². The number of nitrogens with zero attached hydrogens (tertiary/aromatic N) is 2. The van der Waals surface area contributed by atoms with Crippen LogP contribution in [0.15, 0.2) is 30.5 Å². The van der Waals surface area contributed by atoms with Gasteiger partial charge in [-0.3, -0.25) is 9.48 Å². The van der Waals surface area contributed by atoms with Gasteiger partial charge in [-0.1, -0.05) is 12.1 Å². The van der Waals surface area contributed by atoms with Gasteiger partial charge in [-0.25, -0.2) is 0 Å². The van der Waals surface area contributed by atoms with Gasteiger partial charge in [0.05, 0.1) is 11.3 Å². The van der Waals surface area contributed by atoms with Gasteiger partial charge in [-0.05, 0) is 37.5 Å². The Morgan fingerprint density at radius 2 is 2.24 bits per heavy atom. The third-order valence-corrected chi connectivity index (χ3v) is 3.62. The lowest BCUT2D eigenvalue weighted by atomic mass is 10.2. The Hall–Kier alpha value is -2.14. The van der Waals surface area contributed by atoms with Gasteiger partial charge < -0.3 is 10.6 Å². The Balaban J connectivity index is 1.67. The first kappa shape index (κ1) is 13.8. The molecule has 0 atom stereocenters. The van der Waals surface area contributed by atoms with Gasteiger partial charge in [0.2, 0.25) is 0 Å². The molecule has 0 spiro atoms. The normalized spacial score (nSPS) is 14.2. The zero-order valence-electron chi connectivity index (χ0n) is 12.4. The summed E-state index contributed by atoms with van der Waals surface area (Å²) in [5, 5.41) is 10.6. The molecule has 1 aliphatic rings. The molecule has 0 saturated heterocycles. The van der Waals surface area contributed by atoms with Crippen molar-refractivity contribution >= 4 is 11.6 Å². The van der Waals surface area contributed by atoms with Crippen LogP contribution in [0.4, 0.5) is 5.69 Å². The van der Waals surface area contributed by atoms with Crippen LogP contribution in [0.3, 0.4) is 0 Å². The summed E-state index contributed by atoms with van der Waals surface area (Å²) in [6.45, 7) is 2.69. The molecule has 0 bridgehead atoms. The summed E-state index contributed by atoms with van der Waals surface area (Å²) in [5.74, 6) is -0.118. The summed E-state index contributed by atoms with van der Waals surface area (Å²) in [7, 11) is 1.81. The maximum atomic E-state index is 12.3. The van der Waals surface area contributed by atoms with E-state index in [1.165, 1.54) is 18.4 Å². The fourth-order valence-electron chi connectivity index (χ4n) is 2.33. The van der Waals surface area contributed by atoms with Crippen molar-refractivity contribution in [3.63, 3.8) is 0 Å². The summed E-state index contributed by atoms with van der Waals surface area (Å²) < 4.78 is 1.65. The number of rotatable bonds is 5. The van der Waals surface area contributed by atoms with E-state index in [4.69, 9.17) is 0 Å². The largest absolute Gasteiger partial charge is 0.322 e. The van der Waals surface area contributed by atoms with Crippen molar-refractivity contribution < 1.29 is 4.79 Å². The fraction of sp³-hybridized carbons (Fsp3) is 0.375. The van der Waals surface area contributed by atoms with Gasteiger partial charge in [0.15, 0.2) is 0 Å². The van der Waals surface area contributed by atoms with Gasteiger partial charge in [0.25, 0.3) is 5.91 Å². The van der Waals surface area contributed by atoms with E-state index in [0.717, 1.165) is 17.9 Å². The second-order valence-electron chi connectivity index (χ2n) is 5.61. The highest BCUT2D eigenvalue weighted by Crippen LogP contribution is 2.20. The first-order valence-corrected chi connectivity index (χ1v) is 7.26. The van der Waals surface area contributed by atoms with Crippen molar-refractivity contribution in [2.45, 2.75) is 32.4 Å². The summed E-state index contributed by atoms with van der Waals surface area (Å²) >= 11 is 0. The highest BCUT2D eigenvalue weighted by Gasteiger charge is 2.20. The quantitative estimate of drug-likeness (QED) is 0.885. The van der Waals surface area contributed by atoms with Crippen LogP contribution in [0.2, 0.25) is 0 Å². The zero-order valence-corrected chi connectivity index (χ0v) is 12.4. The van der Waals surface area contributed by atoms with Crippen molar-refractivity contribution in [1.29, 1.82) is 0 Å². The van der Waals surface area contributed by atoms with Crippen molar-refractivity contribution in [2.24, 2.45) is 7.05 Å². The molecule has 1 saturated carbocycles. The molecule has 5 heteroatoms. The highest BCUT2D eigenvalue weighted by molar-refractivity contribution is 6.04. The standard InChI is InChI=1S/C16H20N4O/c1-11-15(10-20(2)19-11)16(21)18-14-5-3-4-12(8-14)9-17-13-6-7-13/h3-5,8,10,13,17H,6-7,9H2,1-2H3,(H,18,21). The molecule has 1 heterocycles. The maximum Gasteiger partial charge on any atom is 0.259 e. The molecule has 2 aromatic rings. The van der Waals surface area contributed by atoms with Crippen LogP contribution in [0.5, 0.6) is 0 Å². The first-order valence-electron chi connectivity index (χ1n) is 7.26. The van der Waals surface area contributed by atoms with Crippen molar-refractivity contribution in [1.82, 2.24) is 15.1 Å². The smallest absolute Gasteiger partial charge is 0.259 e. The minimum Gasteiger partial charge on any atom is -0.322 e. The molecule has 1 aromatic heterocycles. The first-order chi connectivity index (χ1) is 10.1. The van der Waals surface area contributed by atoms with Crippen molar-refractivity contribution in [3.8, 4) is 0 Å². The number of hydrogen-bond donors (Lipinski definition) is 2. The minimum absolute atomic E-state index is 0.118. The van der Waals surface area contributed by atoms with Crippen LogP contribution in [0.25, 0.3) is 0 Å². The van der Waals surface area contributed by atoms with E-state index in [1.807, 2.05) is 32.2 Å². The Morgan fingerprint density at radius 3 is 2.90 bits per heavy atom. The molecule has 1 fully saturated rings. The van der Waals surface area contributed by atoms with Gasteiger partial charge in [-0.15, -0.1) is 0 Å². The van der Waals surface area contributed by atoms with Gasteiger partial charge in [-0.2, -0.15) is 5.10 Å². The van der Waals surface area contributed by atoms with Gasteiger partial charge in [0, 0.05) is 31.5 Å². The van der Waals surface area contributed by atoms with Gasteiger partial charge in [0.1, 0.15) is 0 Å². The summed E-state index contributed by atoms with van der Waals surface area (Å²) in [4.78, 5) is 12.3. The topological polar surface area (TPSA) is 59.0 Å². The molecule has 1 amide bonds. The van der Waals surface area contributed by atoms with Crippen molar-refractivity contribution in [2.75, 3.05) is 5.32 Å². The lowest BCUT2D eigenvalue weighted by Crippen LogP contribution is -2.16. The number of anilines is 1. The summed E-state index contributed by atoms with van der Waals surface area (Å²) in [6.07, 6.45) is 4.29. The molecule has 0 unspecified atom stereocenters. The molecule has 110 valence electrons. The molecule has 0 aliphatic heterocycles. The lowest BCUT2D eigenvalue weighted by Gasteiger charge is -2.08. The number of carbonyl (C=O) groups is 1. The Bertz CT molecular complexity index is 658. The summed E-state index contributed by atoms with van der Waals surface area (Å²) in [6, 6.07) is 8.64. The van der Waals surface area contributed by atoms with E-state index in [1.54, 1.807) is 10.9 Å². The third-order valence-electron chi connectivity index (χ3n) is 3.62. The third kappa shape index (κ3) is 3.49. The molecule has 1 aromatic carbocycles. The van der Waals surface area contributed by atoms with Gasteiger partial charge >= 0.3 is 0 Å². The molecule has 1 aliphatic carbocycles. The average molecular weight is 284 g/mol. The molecule has 0 radical (unpaired) electrons. The van der Waals surface area contributed by atoms with Crippen LogP contribution in [0.1, 0.15) is 34.5 Å². The predicted molar refractivity (Wildman–Crippen MR) is 82.2 cm³/mol. The number of aromatic nitrogens is 2. The molecular formula is C16H20N4O. The predicted octanol–water partition coefficient (Wildman–Crippen LogP) is 2.23. The second kappa shape index (κ2) is 5.69. The number of nitrogens with one attached hydrogen (secondary N) is 2. The highest BCUT2D eigenvalue weighted by atomic mass is 16.1.